The highest BCUT2D eigenvalue weighted by atomic mass is 19.4. The number of nitrogens with zero attached hydrogens (tertiary/aromatic N) is 1. The zero-order valence-electron chi connectivity index (χ0n) is 7.67. The van der Waals surface area contributed by atoms with Gasteiger partial charge in [0.05, 0.1) is 12.5 Å². The van der Waals surface area contributed by atoms with Crippen molar-refractivity contribution in [1.29, 1.82) is 0 Å². The fraction of sp³-hybridized carbons (Fsp3) is 1.00. The quantitative estimate of drug-likeness (QED) is 0.698. The van der Waals surface area contributed by atoms with Crippen molar-refractivity contribution in [3.05, 3.63) is 0 Å². The van der Waals surface area contributed by atoms with Crippen LogP contribution in [-0.4, -0.2) is 54.1 Å². The van der Waals surface area contributed by atoms with Crippen LogP contribution in [0.3, 0.4) is 0 Å². The third-order valence-corrected chi connectivity index (χ3v) is 2.59. The Morgan fingerprint density at radius 1 is 1.21 bits per heavy atom. The summed E-state index contributed by atoms with van der Waals surface area (Å²) in [6, 6.07) is 0. The first-order valence-corrected chi connectivity index (χ1v) is 4.49. The van der Waals surface area contributed by atoms with Gasteiger partial charge >= 0.3 is 6.18 Å². The Bertz CT molecular complexity index is 186. The molecule has 0 aromatic heterocycles. The van der Waals surface area contributed by atoms with Crippen LogP contribution < -0.4 is 0 Å². The second-order valence-electron chi connectivity index (χ2n) is 3.57. The lowest BCUT2D eigenvalue weighted by atomic mass is 9.97. The van der Waals surface area contributed by atoms with Crippen molar-refractivity contribution in [3.63, 3.8) is 0 Å². The van der Waals surface area contributed by atoms with Gasteiger partial charge in [0, 0.05) is 32.2 Å². The second kappa shape index (κ2) is 4.46. The molecule has 1 aliphatic heterocycles. The first-order valence-electron chi connectivity index (χ1n) is 4.49. The number of rotatable bonds is 3. The van der Waals surface area contributed by atoms with Crippen molar-refractivity contribution >= 4 is 0 Å². The number of halogens is 3. The lowest BCUT2D eigenvalue weighted by molar-refractivity contribution is -0.183. The van der Waals surface area contributed by atoms with Crippen LogP contribution in [0.25, 0.3) is 0 Å². The number of alkyl halides is 3. The van der Waals surface area contributed by atoms with E-state index in [-0.39, 0.29) is 26.2 Å². The van der Waals surface area contributed by atoms with Gasteiger partial charge < -0.3 is 15.1 Å². The van der Waals surface area contributed by atoms with Gasteiger partial charge in [0.25, 0.3) is 0 Å². The summed E-state index contributed by atoms with van der Waals surface area (Å²) < 4.78 is 37.2. The molecule has 3 nitrogen and oxygen atoms in total. The summed E-state index contributed by atoms with van der Waals surface area (Å²) in [6.07, 6.45) is -4.25. The number of likely N-dealkylation sites (tertiary alicyclic amines) is 1. The van der Waals surface area contributed by atoms with E-state index in [0.717, 1.165) is 0 Å². The molecule has 14 heavy (non-hydrogen) atoms. The molecular weight excluding hydrogens is 199 g/mol. The Balaban J connectivity index is 2.58. The lowest BCUT2D eigenvalue weighted by Crippen LogP contribution is -2.31. The molecule has 0 aromatic rings. The maximum atomic E-state index is 12.4. The summed E-state index contributed by atoms with van der Waals surface area (Å²) >= 11 is 0. The summed E-state index contributed by atoms with van der Waals surface area (Å²) in [7, 11) is 0. The Kier molecular flexibility index (Phi) is 3.74. The molecular formula is C8H14F3NO2. The van der Waals surface area contributed by atoms with E-state index >= 15 is 0 Å². The average molecular weight is 213 g/mol. The van der Waals surface area contributed by atoms with Crippen molar-refractivity contribution in [3.8, 4) is 0 Å². The summed E-state index contributed by atoms with van der Waals surface area (Å²) in [5.74, 6) is -2.21. The maximum Gasteiger partial charge on any atom is 0.393 e. The van der Waals surface area contributed by atoms with Gasteiger partial charge in [0.15, 0.2) is 0 Å². The Hall–Kier alpha value is -0.330. The highest BCUT2D eigenvalue weighted by molar-refractivity contribution is 4.87. The first kappa shape index (κ1) is 11.7. The summed E-state index contributed by atoms with van der Waals surface area (Å²) in [6.45, 7) is -0.269. The van der Waals surface area contributed by atoms with Gasteiger partial charge in [-0.15, -0.1) is 0 Å². The molecule has 1 heterocycles. The van der Waals surface area contributed by atoms with Crippen LogP contribution >= 0.6 is 0 Å². The second-order valence-corrected chi connectivity index (χ2v) is 3.57. The fourth-order valence-electron chi connectivity index (χ4n) is 1.84. The fourth-order valence-corrected chi connectivity index (χ4v) is 1.84. The van der Waals surface area contributed by atoms with Crippen LogP contribution in [0.15, 0.2) is 0 Å². The van der Waals surface area contributed by atoms with Crippen LogP contribution in [0.4, 0.5) is 13.2 Å². The van der Waals surface area contributed by atoms with Gasteiger partial charge in [-0.3, -0.25) is 0 Å². The van der Waals surface area contributed by atoms with E-state index in [0.29, 0.717) is 0 Å². The first-order chi connectivity index (χ1) is 6.49. The summed E-state index contributed by atoms with van der Waals surface area (Å²) in [4.78, 5) is 1.53. The standard InChI is InChI=1S/C8H14F3NO2/c9-8(10,11)7-4-12(1-2-13)3-6(7)5-14/h6-7,13-14H,1-5H2/t6-,7+/m1/s1. The SMILES string of the molecule is OCCN1C[C@H](CO)[C@@H](C(F)(F)F)C1. The molecule has 0 aliphatic carbocycles. The molecule has 1 rings (SSSR count). The molecule has 0 saturated carbocycles. The molecule has 0 bridgehead atoms. The van der Waals surface area contributed by atoms with Gasteiger partial charge in [0.2, 0.25) is 0 Å². The summed E-state index contributed by atoms with van der Waals surface area (Å²) in [5, 5.41) is 17.4. The predicted octanol–water partition coefficient (Wildman–Crippen LogP) is 0.0813. The van der Waals surface area contributed by atoms with Crippen LogP contribution in [0.2, 0.25) is 0 Å². The van der Waals surface area contributed by atoms with Crippen LogP contribution in [0.5, 0.6) is 0 Å². The van der Waals surface area contributed by atoms with Gasteiger partial charge in [-0.05, 0) is 0 Å². The van der Waals surface area contributed by atoms with Crippen LogP contribution in [0, 0.1) is 11.8 Å². The minimum atomic E-state index is -4.25. The lowest BCUT2D eigenvalue weighted by Gasteiger charge is -2.19. The minimum Gasteiger partial charge on any atom is -0.396 e. The molecule has 1 saturated heterocycles. The number of β-amino-alcohol motifs (C(OH)–C–C–N with tert-alkyl or cyclic N) is 1. The topological polar surface area (TPSA) is 43.7 Å². The predicted molar refractivity (Wildman–Crippen MR) is 43.6 cm³/mol. The van der Waals surface area contributed by atoms with E-state index in [1.54, 1.807) is 0 Å². The van der Waals surface area contributed by atoms with Gasteiger partial charge in [0.1, 0.15) is 0 Å². The number of hydrogen-bond donors (Lipinski definition) is 2. The smallest absolute Gasteiger partial charge is 0.393 e. The van der Waals surface area contributed by atoms with E-state index in [4.69, 9.17) is 10.2 Å². The highest BCUT2D eigenvalue weighted by Gasteiger charge is 2.49. The third kappa shape index (κ3) is 2.59. The van der Waals surface area contributed by atoms with Crippen molar-refractivity contribution in [1.82, 2.24) is 4.90 Å². The van der Waals surface area contributed by atoms with E-state index < -0.39 is 24.6 Å². The summed E-state index contributed by atoms with van der Waals surface area (Å²) in [5.41, 5.74) is 0. The Labute approximate surface area is 80.1 Å². The zero-order chi connectivity index (χ0) is 10.8. The molecule has 6 heteroatoms. The van der Waals surface area contributed by atoms with Crippen molar-refractivity contribution < 1.29 is 23.4 Å². The zero-order valence-corrected chi connectivity index (χ0v) is 7.67. The van der Waals surface area contributed by atoms with Gasteiger partial charge in [-0.1, -0.05) is 0 Å². The average Bonchev–Trinajstić information content (AvgIpc) is 2.47. The third-order valence-electron chi connectivity index (χ3n) is 2.59. The molecule has 84 valence electrons. The largest absolute Gasteiger partial charge is 0.396 e. The molecule has 0 radical (unpaired) electrons. The van der Waals surface area contributed by atoms with E-state index in [1.807, 2.05) is 0 Å². The molecule has 0 aromatic carbocycles. The molecule has 2 N–H and O–H groups in total. The van der Waals surface area contributed by atoms with E-state index in [9.17, 15) is 13.2 Å². The normalized spacial score (nSPS) is 29.8. The number of aliphatic hydroxyl groups excluding tert-OH is 2. The minimum absolute atomic E-state index is 0.116. The van der Waals surface area contributed by atoms with Crippen molar-refractivity contribution in [2.75, 3.05) is 32.8 Å². The molecule has 1 aliphatic rings. The molecule has 1 fully saturated rings. The molecule has 0 spiro atoms. The highest BCUT2D eigenvalue weighted by Crippen LogP contribution is 2.36. The number of hydrogen-bond acceptors (Lipinski definition) is 3. The van der Waals surface area contributed by atoms with Crippen LogP contribution in [-0.2, 0) is 0 Å². The van der Waals surface area contributed by atoms with Crippen LogP contribution in [0.1, 0.15) is 0 Å². The molecule has 0 amide bonds. The molecule has 2 atom stereocenters. The van der Waals surface area contributed by atoms with Crippen molar-refractivity contribution in [2.24, 2.45) is 11.8 Å². The van der Waals surface area contributed by atoms with Gasteiger partial charge in [-0.25, -0.2) is 0 Å². The Morgan fingerprint density at radius 2 is 1.86 bits per heavy atom. The Morgan fingerprint density at radius 3 is 2.21 bits per heavy atom. The van der Waals surface area contributed by atoms with Gasteiger partial charge in [-0.2, -0.15) is 13.2 Å². The van der Waals surface area contributed by atoms with E-state index in [2.05, 4.69) is 0 Å². The monoisotopic (exact) mass is 213 g/mol. The molecule has 0 unspecified atom stereocenters. The maximum absolute atomic E-state index is 12.4. The van der Waals surface area contributed by atoms with E-state index in [1.165, 1.54) is 4.90 Å². The van der Waals surface area contributed by atoms with Crippen molar-refractivity contribution in [2.45, 2.75) is 6.18 Å². The number of aliphatic hydroxyl groups is 2.